The molecular weight excluding hydrogens is 328 g/mol. The average molecular weight is 355 g/mol. The van der Waals surface area contributed by atoms with E-state index >= 15 is 0 Å². The first-order valence-corrected chi connectivity index (χ1v) is 9.77. The number of hydrogen-bond donors (Lipinski definition) is 2. The first-order chi connectivity index (χ1) is 12.1. The van der Waals surface area contributed by atoms with Gasteiger partial charge >= 0.3 is 0 Å². The second-order valence-electron chi connectivity index (χ2n) is 6.86. The molecule has 0 unspecified atom stereocenters. The fraction of sp³-hybridized carbons (Fsp3) is 0.381. The highest BCUT2D eigenvalue weighted by atomic mass is 32.2. The summed E-state index contributed by atoms with van der Waals surface area (Å²) in [6.07, 6.45) is 5.00. The summed E-state index contributed by atoms with van der Waals surface area (Å²) in [6, 6.07) is 16.3. The van der Waals surface area contributed by atoms with Crippen molar-refractivity contribution >= 4 is 23.4 Å². The van der Waals surface area contributed by atoms with E-state index in [2.05, 4.69) is 36.5 Å². The van der Waals surface area contributed by atoms with Crippen LogP contribution in [0.3, 0.4) is 0 Å². The predicted octanol–water partition coefficient (Wildman–Crippen LogP) is 4.34. The third-order valence-corrected chi connectivity index (χ3v) is 6.33. The van der Waals surface area contributed by atoms with Gasteiger partial charge < -0.3 is 11.1 Å². The Bertz CT molecular complexity index is 704. The second-order valence-corrected chi connectivity index (χ2v) is 8.32. The van der Waals surface area contributed by atoms with Crippen molar-refractivity contribution in [1.29, 1.82) is 0 Å². The molecule has 0 radical (unpaired) electrons. The molecular formula is C21H26N2OS. The monoisotopic (exact) mass is 354 g/mol. The molecule has 1 aliphatic rings. The van der Waals surface area contributed by atoms with Gasteiger partial charge in [-0.1, -0.05) is 42.7 Å². The Balaban J connectivity index is 1.60. The minimum Gasteiger partial charge on any atom is -0.399 e. The number of amides is 1. The molecule has 0 aromatic heterocycles. The maximum atomic E-state index is 12.9. The van der Waals surface area contributed by atoms with Crippen LogP contribution in [-0.2, 0) is 11.2 Å². The molecule has 0 saturated heterocycles. The molecule has 0 heterocycles. The van der Waals surface area contributed by atoms with Crippen LogP contribution in [0.2, 0.25) is 0 Å². The number of thioether (sulfide) groups is 1. The Morgan fingerprint density at radius 2 is 1.72 bits per heavy atom. The highest BCUT2D eigenvalue weighted by Gasteiger charge is 2.41. The summed E-state index contributed by atoms with van der Waals surface area (Å²) in [5.74, 6) is 0.186. The van der Waals surface area contributed by atoms with Crippen molar-refractivity contribution in [2.75, 3.05) is 12.3 Å². The second kappa shape index (κ2) is 7.96. The molecule has 3 nitrogen and oxygen atoms in total. The van der Waals surface area contributed by atoms with E-state index in [-0.39, 0.29) is 10.7 Å². The number of hydrogen-bond acceptors (Lipinski definition) is 3. The van der Waals surface area contributed by atoms with Crippen LogP contribution in [0.5, 0.6) is 0 Å². The lowest BCUT2D eigenvalue weighted by atomic mass is 10.1. The number of carbonyl (C=O) groups excluding carboxylic acids is 1. The Morgan fingerprint density at radius 3 is 2.36 bits per heavy atom. The summed E-state index contributed by atoms with van der Waals surface area (Å²) >= 11 is 1.74. The maximum absolute atomic E-state index is 12.9. The van der Waals surface area contributed by atoms with Crippen LogP contribution < -0.4 is 11.1 Å². The van der Waals surface area contributed by atoms with E-state index in [0.717, 1.165) is 37.8 Å². The molecule has 0 aliphatic heterocycles. The summed E-state index contributed by atoms with van der Waals surface area (Å²) in [4.78, 5) is 14.1. The Kier molecular flexibility index (Phi) is 5.69. The van der Waals surface area contributed by atoms with Crippen molar-refractivity contribution < 1.29 is 4.79 Å². The van der Waals surface area contributed by atoms with E-state index in [1.807, 2.05) is 24.3 Å². The number of nitrogen functional groups attached to an aromatic ring is 1. The van der Waals surface area contributed by atoms with Crippen LogP contribution in [-0.4, -0.2) is 17.2 Å². The van der Waals surface area contributed by atoms with E-state index in [9.17, 15) is 4.79 Å². The summed E-state index contributed by atoms with van der Waals surface area (Å²) in [5.41, 5.74) is 8.93. The molecule has 1 saturated carbocycles. The standard InChI is InChI=1S/C21H26N2OS/c1-16-4-10-19(11-5-16)25-21(13-2-3-14-21)20(24)23-15-12-17-6-8-18(22)9-7-17/h4-11H,2-3,12-15,22H2,1H3,(H,23,24). The number of anilines is 1. The topological polar surface area (TPSA) is 55.1 Å². The average Bonchev–Trinajstić information content (AvgIpc) is 3.08. The minimum atomic E-state index is -0.309. The molecule has 0 spiro atoms. The molecule has 25 heavy (non-hydrogen) atoms. The van der Waals surface area contributed by atoms with E-state index in [0.29, 0.717) is 6.54 Å². The lowest BCUT2D eigenvalue weighted by molar-refractivity contribution is -0.123. The van der Waals surface area contributed by atoms with Gasteiger partial charge in [-0.3, -0.25) is 4.79 Å². The van der Waals surface area contributed by atoms with Crippen molar-refractivity contribution in [2.24, 2.45) is 0 Å². The van der Waals surface area contributed by atoms with Crippen molar-refractivity contribution in [2.45, 2.75) is 48.7 Å². The fourth-order valence-electron chi connectivity index (χ4n) is 3.32. The smallest absolute Gasteiger partial charge is 0.236 e. The number of benzene rings is 2. The highest BCUT2D eigenvalue weighted by Crippen LogP contribution is 2.45. The van der Waals surface area contributed by atoms with E-state index in [1.54, 1.807) is 11.8 Å². The molecule has 1 fully saturated rings. The molecule has 4 heteroatoms. The van der Waals surface area contributed by atoms with Crippen LogP contribution in [0.1, 0.15) is 36.8 Å². The van der Waals surface area contributed by atoms with Gasteiger partial charge in [-0.15, -0.1) is 11.8 Å². The number of nitrogens with one attached hydrogen (secondary N) is 1. The van der Waals surface area contributed by atoms with Gasteiger partial charge in [0.25, 0.3) is 0 Å². The molecule has 3 rings (SSSR count). The van der Waals surface area contributed by atoms with Gasteiger partial charge in [0, 0.05) is 17.1 Å². The van der Waals surface area contributed by atoms with Gasteiger partial charge in [0.1, 0.15) is 0 Å². The summed E-state index contributed by atoms with van der Waals surface area (Å²) in [6.45, 7) is 2.75. The molecule has 1 amide bonds. The number of nitrogens with two attached hydrogens (primary N) is 1. The van der Waals surface area contributed by atoms with Crippen molar-refractivity contribution in [3.8, 4) is 0 Å². The molecule has 2 aromatic rings. The largest absolute Gasteiger partial charge is 0.399 e. The number of carbonyl (C=O) groups is 1. The fourth-order valence-corrected chi connectivity index (χ4v) is 4.70. The highest BCUT2D eigenvalue weighted by molar-refractivity contribution is 8.01. The maximum Gasteiger partial charge on any atom is 0.236 e. The summed E-state index contributed by atoms with van der Waals surface area (Å²) in [7, 11) is 0. The van der Waals surface area contributed by atoms with Gasteiger partial charge in [-0.05, 0) is 56.0 Å². The lowest BCUT2D eigenvalue weighted by Crippen LogP contribution is -2.43. The van der Waals surface area contributed by atoms with Crippen LogP contribution in [0.15, 0.2) is 53.4 Å². The molecule has 1 aliphatic carbocycles. The van der Waals surface area contributed by atoms with E-state index in [1.165, 1.54) is 16.0 Å². The van der Waals surface area contributed by atoms with Crippen molar-refractivity contribution in [3.63, 3.8) is 0 Å². The van der Waals surface area contributed by atoms with Crippen molar-refractivity contribution in [3.05, 3.63) is 59.7 Å². The van der Waals surface area contributed by atoms with Gasteiger partial charge in [0.05, 0.1) is 4.75 Å². The third kappa shape index (κ3) is 4.57. The Morgan fingerprint density at radius 1 is 1.08 bits per heavy atom. The molecule has 132 valence electrons. The molecule has 2 aromatic carbocycles. The number of aryl methyl sites for hydroxylation is 1. The third-order valence-electron chi connectivity index (χ3n) is 4.84. The quantitative estimate of drug-likeness (QED) is 0.759. The van der Waals surface area contributed by atoms with E-state index < -0.39 is 0 Å². The van der Waals surface area contributed by atoms with E-state index in [4.69, 9.17) is 5.73 Å². The first kappa shape index (κ1) is 17.9. The molecule has 0 bridgehead atoms. The van der Waals surface area contributed by atoms with Crippen LogP contribution in [0.4, 0.5) is 5.69 Å². The first-order valence-electron chi connectivity index (χ1n) is 8.96. The summed E-state index contributed by atoms with van der Waals surface area (Å²) in [5, 5.41) is 3.17. The lowest BCUT2D eigenvalue weighted by Gasteiger charge is -2.27. The van der Waals surface area contributed by atoms with Crippen LogP contribution >= 0.6 is 11.8 Å². The van der Waals surface area contributed by atoms with Crippen LogP contribution in [0, 0.1) is 6.92 Å². The van der Waals surface area contributed by atoms with Crippen LogP contribution in [0.25, 0.3) is 0 Å². The number of rotatable bonds is 6. The zero-order valence-electron chi connectivity index (χ0n) is 14.8. The normalized spacial score (nSPS) is 15.9. The SMILES string of the molecule is Cc1ccc(SC2(C(=O)NCCc3ccc(N)cc3)CCCC2)cc1. The Hall–Kier alpha value is -1.94. The van der Waals surface area contributed by atoms with Gasteiger partial charge in [0.2, 0.25) is 5.91 Å². The van der Waals surface area contributed by atoms with Gasteiger partial charge in [-0.2, -0.15) is 0 Å². The zero-order chi connectivity index (χ0) is 17.7. The molecule has 3 N–H and O–H groups in total. The zero-order valence-corrected chi connectivity index (χ0v) is 15.6. The summed E-state index contributed by atoms with van der Waals surface area (Å²) < 4.78 is -0.309. The Labute approximate surface area is 154 Å². The molecule has 0 atom stereocenters. The predicted molar refractivity (Wildman–Crippen MR) is 106 cm³/mol. The van der Waals surface area contributed by atoms with Gasteiger partial charge in [0.15, 0.2) is 0 Å². The van der Waals surface area contributed by atoms with Gasteiger partial charge in [-0.25, -0.2) is 0 Å². The minimum absolute atomic E-state index is 0.186. The van der Waals surface area contributed by atoms with Crippen molar-refractivity contribution in [1.82, 2.24) is 5.32 Å².